The van der Waals surface area contributed by atoms with E-state index in [2.05, 4.69) is 15.5 Å². The van der Waals surface area contributed by atoms with E-state index < -0.39 is 33.7 Å². The number of nitrogens with zero attached hydrogens (tertiary/aromatic N) is 3. The van der Waals surface area contributed by atoms with Crippen molar-refractivity contribution >= 4 is 5.69 Å². The first-order valence-corrected chi connectivity index (χ1v) is 6.08. The Morgan fingerprint density at radius 1 is 1.38 bits per heavy atom. The van der Waals surface area contributed by atoms with E-state index in [0.717, 1.165) is 12.1 Å². The van der Waals surface area contributed by atoms with E-state index in [4.69, 9.17) is 4.42 Å². The third-order valence-corrected chi connectivity index (χ3v) is 2.61. The van der Waals surface area contributed by atoms with E-state index in [1.807, 2.05) is 13.8 Å². The zero-order valence-corrected chi connectivity index (χ0v) is 11.3. The highest BCUT2D eigenvalue weighted by molar-refractivity contribution is 5.59. The molecule has 0 amide bonds. The Balaban J connectivity index is 2.38. The van der Waals surface area contributed by atoms with Crippen LogP contribution in [0.1, 0.15) is 19.7 Å². The Morgan fingerprint density at radius 3 is 2.71 bits per heavy atom. The molecule has 7 nitrogen and oxygen atoms in total. The molecule has 0 atom stereocenters. The van der Waals surface area contributed by atoms with Crippen molar-refractivity contribution in [2.24, 2.45) is 0 Å². The van der Waals surface area contributed by atoms with Gasteiger partial charge in [-0.25, -0.2) is 4.39 Å². The third-order valence-electron chi connectivity index (χ3n) is 2.61. The summed E-state index contributed by atoms with van der Waals surface area (Å²) in [5.74, 6) is -2.66. The average molecular weight is 298 g/mol. The predicted octanol–water partition coefficient (Wildman–Crippen LogP) is 2.42. The van der Waals surface area contributed by atoms with Gasteiger partial charge in [-0.05, 0) is 6.07 Å². The Morgan fingerprint density at radius 2 is 2.10 bits per heavy atom. The highest BCUT2D eigenvalue weighted by atomic mass is 19.1. The minimum Gasteiger partial charge on any atom is -0.419 e. The molecule has 9 heteroatoms. The summed E-state index contributed by atoms with van der Waals surface area (Å²) in [6.45, 7) is 4.02. The molecule has 0 saturated carbocycles. The van der Waals surface area contributed by atoms with Crippen LogP contribution in [0.5, 0.6) is 0 Å². The maximum Gasteiger partial charge on any atom is 0.305 e. The van der Waals surface area contributed by atoms with Gasteiger partial charge in [0.2, 0.25) is 11.7 Å². The van der Waals surface area contributed by atoms with Crippen molar-refractivity contribution in [1.82, 2.24) is 15.5 Å². The molecule has 0 aliphatic carbocycles. The molecule has 0 unspecified atom stereocenters. The molecule has 1 aromatic carbocycles. The maximum atomic E-state index is 14.0. The number of benzene rings is 1. The van der Waals surface area contributed by atoms with E-state index in [1.54, 1.807) is 0 Å². The highest BCUT2D eigenvalue weighted by Gasteiger charge is 2.26. The highest BCUT2D eigenvalue weighted by Crippen LogP contribution is 2.30. The van der Waals surface area contributed by atoms with Crippen molar-refractivity contribution in [2.75, 3.05) is 0 Å². The first kappa shape index (κ1) is 15.0. The molecule has 0 bridgehead atoms. The first-order valence-electron chi connectivity index (χ1n) is 6.08. The van der Waals surface area contributed by atoms with E-state index in [-0.39, 0.29) is 18.5 Å². The molecule has 0 fully saturated rings. The van der Waals surface area contributed by atoms with Crippen LogP contribution in [0, 0.1) is 21.7 Å². The number of aromatic nitrogens is 2. The smallest absolute Gasteiger partial charge is 0.305 e. The van der Waals surface area contributed by atoms with Crippen molar-refractivity contribution in [1.29, 1.82) is 0 Å². The quantitative estimate of drug-likeness (QED) is 0.673. The number of hydrogen-bond donors (Lipinski definition) is 1. The van der Waals surface area contributed by atoms with Crippen LogP contribution in [-0.2, 0) is 6.54 Å². The summed E-state index contributed by atoms with van der Waals surface area (Å²) in [5.41, 5.74) is -1.56. The van der Waals surface area contributed by atoms with Gasteiger partial charge in [0.15, 0.2) is 0 Å². The zero-order chi connectivity index (χ0) is 15.6. The first-order chi connectivity index (χ1) is 9.90. The second kappa shape index (κ2) is 5.92. The number of nitrogens with one attached hydrogen (secondary N) is 1. The number of nitro benzene ring substituents is 1. The SMILES string of the molecule is CC(C)NCc1nnc(-c2c(F)ccc([N+](=O)[O-])c2F)o1. The second-order valence-electron chi connectivity index (χ2n) is 4.55. The van der Waals surface area contributed by atoms with Gasteiger partial charge in [0, 0.05) is 12.1 Å². The van der Waals surface area contributed by atoms with Crippen LogP contribution in [0.15, 0.2) is 16.5 Å². The van der Waals surface area contributed by atoms with Gasteiger partial charge < -0.3 is 9.73 Å². The lowest BCUT2D eigenvalue weighted by Crippen LogP contribution is -2.21. The summed E-state index contributed by atoms with van der Waals surface area (Å²) in [4.78, 5) is 9.72. The molecule has 0 radical (unpaired) electrons. The molecule has 1 aromatic heterocycles. The van der Waals surface area contributed by atoms with Crippen molar-refractivity contribution in [2.45, 2.75) is 26.4 Å². The summed E-state index contributed by atoms with van der Waals surface area (Å²) in [5, 5.41) is 20.8. The predicted molar refractivity (Wildman–Crippen MR) is 68.3 cm³/mol. The molecule has 0 saturated heterocycles. The third kappa shape index (κ3) is 3.19. The fourth-order valence-corrected chi connectivity index (χ4v) is 1.60. The second-order valence-corrected chi connectivity index (χ2v) is 4.55. The van der Waals surface area contributed by atoms with Crippen LogP contribution in [-0.4, -0.2) is 21.2 Å². The van der Waals surface area contributed by atoms with Crippen LogP contribution >= 0.6 is 0 Å². The maximum absolute atomic E-state index is 14.0. The minimum absolute atomic E-state index is 0.129. The van der Waals surface area contributed by atoms with Gasteiger partial charge in [0.25, 0.3) is 5.89 Å². The van der Waals surface area contributed by atoms with Gasteiger partial charge in [-0.1, -0.05) is 13.8 Å². The van der Waals surface area contributed by atoms with Crippen molar-refractivity contribution in [3.63, 3.8) is 0 Å². The van der Waals surface area contributed by atoms with Gasteiger partial charge in [-0.3, -0.25) is 10.1 Å². The molecule has 21 heavy (non-hydrogen) atoms. The molecular weight excluding hydrogens is 286 g/mol. The van der Waals surface area contributed by atoms with Gasteiger partial charge in [-0.15, -0.1) is 10.2 Å². The number of halogens is 2. The van der Waals surface area contributed by atoms with Crippen molar-refractivity contribution in [3.05, 3.63) is 39.8 Å². The van der Waals surface area contributed by atoms with Crippen LogP contribution in [0.25, 0.3) is 11.5 Å². The normalized spacial score (nSPS) is 11.1. The van der Waals surface area contributed by atoms with Crippen LogP contribution < -0.4 is 5.32 Å². The minimum atomic E-state index is -1.34. The van der Waals surface area contributed by atoms with E-state index in [9.17, 15) is 18.9 Å². The van der Waals surface area contributed by atoms with Gasteiger partial charge in [-0.2, -0.15) is 4.39 Å². The summed E-state index contributed by atoms with van der Waals surface area (Å²) in [7, 11) is 0. The van der Waals surface area contributed by atoms with Gasteiger partial charge >= 0.3 is 5.69 Å². The van der Waals surface area contributed by atoms with Crippen molar-refractivity contribution < 1.29 is 18.1 Å². The summed E-state index contributed by atoms with van der Waals surface area (Å²) in [6.07, 6.45) is 0. The van der Waals surface area contributed by atoms with Gasteiger partial charge in [0.05, 0.1) is 11.5 Å². The topological polar surface area (TPSA) is 94.1 Å². The Hall–Kier alpha value is -2.42. The van der Waals surface area contributed by atoms with E-state index >= 15 is 0 Å². The molecule has 112 valence electrons. The monoisotopic (exact) mass is 298 g/mol. The Bertz CT molecular complexity index is 673. The zero-order valence-electron chi connectivity index (χ0n) is 11.3. The fraction of sp³-hybridized carbons (Fsp3) is 0.333. The molecule has 1 heterocycles. The Labute approximate surface area is 118 Å². The molecular formula is C12H12F2N4O3. The molecule has 2 aromatic rings. The Kier molecular flexibility index (Phi) is 4.22. The van der Waals surface area contributed by atoms with Gasteiger partial charge in [0.1, 0.15) is 11.4 Å². The number of rotatable bonds is 5. The van der Waals surface area contributed by atoms with Crippen LogP contribution in [0.3, 0.4) is 0 Å². The molecule has 0 aliphatic heterocycles. The molecule has 1 N–H and O–H groups in total. The summed E-state index contributed by atoms with van der Waals surface area (Å²) in [6, 6.07) is 1.69. The molecule has 2 rings (SSSR count). The molecule has 0 aliphatic rings. The molecule has 0 spiro atoms. The fourth-order valence-electron chi connectivity index (χ4n) is 1.60. The van der Waals surface area contributed by atoms with Crippen LogP contribution in [0.2, 0.25) is 0 Å². The standard InChI is InChI=1S/C12H12F2N4O3/c1-6(2)15-5-9-16-17-12(21-9)10-7(13)3-4-8(11(10)14)18(19)20/h3-4,6,15H,5H2,1-2H3. The lowest BCUT2D eigenvalue weighted by atomic mass is 10.1. The largest absolute Gasteiger partial charge is 0.419 e. The number of hydrogen-bond acceptors (Lipinski definition) is 6. The van der Waals surface area contributed by atoms with Crippen LogP contribution in [0.4, 0.5) is 14.5 Å². The van der Waals surface area contributed by atoms with E-state index in [1.165, 1.54) is 0 Å². The number of nitro groups is 1. The average Bonchev–Trinajstić information content (AvgIpc) is 2.84. The lowest BCUT2D eigenvalue weighted by Gasteiger charge is -2.03. The summed E-state index contributed by atoms with van der Waals surface area (Å²) < 4.78 is 32.8. The summed E-state index contributed by atoms with van der Waals surface area (Å²) >= 11 is 0. The van der Waals surface area contributed by atoms with E-state index in [0.29, 0.717) is 0 Å². The lowest BCUT2D eigenvalue weighted by molar-refractivity contribution is -0.387. The van der Waals surface area contributed by atoms with Crippen molar-refractivity contribution in [3.8, 4) is 11.5 Å².